The number of hydrogen-bond donors (Lipinski definition) is 2. The van der Waals surface area contributed by atoms with Gasteiger partial charge in [0.05, 0.1) is 6.54 Å². The van der Waals surface area contributed by atoms with Gasteiger partial charge in [0.1, 0.15) is 6.33 Å². The molecule has 2 amide bonds. The number of carbonyl (C=O) groups excluding carboxylic acids is 1. The molecule has 0 atom stereocenters. The Morgan fingerprint density at radius 2 is 1.81 bits per heavy atom. The Morgan fingerprint density at radius 1 is 1.04 bits per heavy atom. The number of urea groups is 1. The molecule has 140 valence electrons. The quantitative estimate of drug-likeness (QED) is 0.585. The summed E-state index contributed by atoms with van der Waals surface area (Å²) in [7, 11) is 0. The number of carbonyl (C=O) groups is 1. The third-order valence-electron chi connectivity index (χ3n) is 4.34. The molecule has 0 aliphatic rings. The van der Waals surface area contributed by atoms with Crippen LogP contribution in [0.25, 0.3) is 5.69 Å². The molecule has 3 aromatic rings. The van der Waals surface area contributed by atoms with Gasteiger partial charge in [-0.25, -0.2) is 4.79 Å². The summed E-state index contributed by atoms with van der Waals surface area (Å²) in [6, 6.07) is 17.5. The normalized spacial score (nSPS) is 10.6. The lowest BCUT2D eigenvalue weighted by Gasteiger charge is -2.09. The minimum absolute atomic E-state index is 0.267. The fourth-order valence-corrected chi connectivity index (χ4v) is 2.85. The minimum atomic E-state index is -0.267. The third kappa shape index (κ3) is 5.41. The first kappa shape index (κ1) is 18.6. The Hall–Kier alpha value is -3.15. The molecule has 0 saturated heterocycles. The number of unbranched alkanes of at least 4 members (excludes halogenated alkanes) is 2. The summed E-state index contributed by atoms with van der Waals surface area (Å²) in [6.45, 7) is 2.49. The van der Waals surface area contributed by atoms with Gasteiger partial charge in [0, 0.05) is 11.4 Å². The van der Waals surface area contributed by atoms with Crippen molar-refractivity contribution in [2.75, 3.05) is 5.32 Å². The number of anilines is 1. The topological polar surface area (TPSA) is 71.8 Å². The molecule has 0 fully saturated rings. The zero-order valence-corrected chi connectivity index (χ0v) is 15.6. The average molecular weight is 363 g/mol. The van der Waals surface area contributed by atoms with Gasteiger partial charge in [-0.05, 0) is 42.7 Å². The number of rotatable bonds is 8. The Bertz CT molecular complexity index is 843. The van der Waals surface area contributed by atoms with Gasteiger partial charge in [0.15, 0.2) is 5.82 Å². The Morgan fingerprint density at radius 3 is 2.56 bits per heavy atom. The number of aryl methyl sites for hydroxylation is 1. The summed E-state index contributed by atoms with van der Waals surface area (Å²) in [4.78, 5) is 12.2. The lowest BCUT2D eigenvalue weighted by Crippen LogP contribution is -2.29. The first-order valence-corrected chi connectivity index (χ1v) is 9.34. The van der Waals surface area contributed by atoms with E-state index in [0.29, 0.717) is 5.82 Å². The van der Waals surface area contributed by atoms with Gasteiger partial charge in [0.25, 0.3) is 0 Å². The molecule has 0 saturated carbocycles. The smallest absolute Gasteiger partial charge is 0.319 e. The second kappa shape index (κ2) is 9.52. The molecule has 6 heteroatoms. The molecular weight excluding hydrogens is 338 g/mol. The van der Waals surface area contributed by atoms with Crippen LogP contribution >= 0.6 is 0 Å². The number of para-hydroxylation sites is 1. The summed E-state index contributed by atoms with van der Waals surface area (Å²) in [6.07, 6.45) is 6.39. The molecule has 1 heterocycles. The van der Waals surface area contributed by atoms with Gasteiger partial charge in [-0.2, -0.15) is 0 Å². The maximum atomic E-state index is 12.2. The summed E-state index contributed by atoms with van der Waals surface area (Å²) < 4.78 is 1.85. The number of nitrogens with zero attached hydrogens (tertiary/aromatic N) is 3. The molecule has 2 N–H and O–H groups in total. The molecule has 0 spiro atoms. The van der Waals surface area contributed by atoms with Crippen molar-refractivity contribution in [1.82, 2.24) is 20.1 Å². The van der Waals surface area contributed by atoms with Crippen LogP contribution in [-0.4, -0.2) is 20.8 Å². The fourth-order valence-electron chi connectivity index (χ4n) is 2.85. The largest absolute Gasteiger partial charge is 0.331 e. The highest BCUT2D eigenvalue weighted by Gasteiger charge is 2.08. The fraction of sp³-hybridized carbons (Fsp3) is 0.286. The zero-order valence-electron chi connectivity index (χ0n) is 15.6. The first-order valence-electron chi connectivity index (χ1n) is 9.34. The van der Waals surface area contributed by atoms with E-state index in [4.69, 9.17) is 0 Å². The maximum Gasteiger partial charge on any atom is 0.319 e. The van der Waals surface area contributed by atoms with E-state index < -0.39 is 0 Å². The van der Waals surface area contributed by atoms with Crippen molar-refractivity contribution < 1.29 is 4.79 Å². The van der Waals surface area contributed by atoms with E-state index in [2.05, 4.69) is 39.9 Å². The third-order valence-corrected chi connectivity index (χ3v) is 4.34. The standard InChI is InChI=1S/C21H25N5O/c1-2-3-5-8-17-11-13-18(14-12-17)24-21(27)22-15-20-25-23-16-26(20)19-9-6-4-7-10-19/h4,6-7,9-14,16H,2-3,5,8,15H2,1H3,(H2,22,24,27). The van der Waals surface area contributed by atoms with E-state index in [1.807, 2.05) is 47.0 Å². The summed E-state index contributed by atoms with van der Waals surface area (Å²) in [5.74, 6) is 0.669. The summed E-state index contributed by atoms with van der Waals surface area (Å²) in [5, 5.41) is 13.7. The first-order chi connectivity index (χ1) is 13.3. The van der Waals surface area contributed by atoms with Gasteiger partial charge in [0.2, 0.25) is 0 Å². The molecule has 0 aliphatic heterocycles. The second-order valence-electron chi connectivity index (χ2n) is 6.41. The molecule has 0 unspecified atom stereocenters. The van der Waals surface area contributed by atoms with Crippen molar-refractivity contribution >= 4 is 11.7 Å². The van der Waals surface area contributed by atoms with Crippen molar-refractivity contribution in [3.8, 4) is 5.69 Å². The second-order valence-corrected chi connectivity index (χ2v) is 6.41. The Kier molecular flexibility index (Phi) is 6.57. The number of hydrogen-bond acceptors (Lipinski definition) is 3. The highest BCUT2D eigenvalue weighted by atomic mass is 16.2. The minimum Gasteiger partial charge on any atom is -0.331 e. The Labute approximate surface area is 159 Å². The highest BCUT2D eigenvalue weighted by molar-refractivity contribution is 5.89. The Balaban J connectivity index is 1.51. The van der Waals surface area contributed by atoms with E-state index in [0.717, 1.165) is 17.8 Å². The van der Waals surface area contributed by atoms with E-state index in [-0.39, 0.29) is 12.6 Å². The van der Waals surface area contributed by atoms with Crippen molar-refractivity contribution in [1.29, 1.82) is 0 Å². The zero-order chi connectivity index (χ0) is 18.9. The molecule has 2 aromatic carbocycles. The molecule has 1 aromatic heterocycles. The predicted molar refractivity (Wildman–Crippen MR) is 107 cm³/mol. The van der Waals surface area contributed by atoms with Crippen LogP contribution < -0.4 is 10.6 Å². The average Bonchev–Trinajstić information content (AvgIpc) is 3.17. The molecule has 27 heavy (non-hydrogen) atoms. The highest BCUT2D eigenvalue weighted by Crippen LogP contribution is 2.13. The van der Waals surface area contributed by atoms with Crippen LogP contribution in [0.3, 0.4) is 0 Å². The number of amides is 2. The van der Waals surface area contributed by atoms with Crippen molar-refractivity contribution in [3.05, 3.63) is 72.3 Å². The van der Waals surface area contributed by atoms with Crippen molar-refractivity contribution in [2.45, 2.75) is 39.2 Å². The number of aromatic nitrogens is 3. The number of nitrogens with one attached hydrogen (secondary N) is 2. The van der Waals surface area contributed by atoms with Crippen LogP contribution in [-0.2, 0) is 13.0 Å². The van der Waals surface area contributed by atoms with E-state index in [1.165, 1.54) is 24.8 Å². The maximum absolute atomic E-state index is 12.2. The van der Waals surface area contributed by atoms with Crippen LogP contribution in [0.1, 0.15) is 37.6 Å². The van der Waals surface area contributed by atoms with Crippen LogP contribution in [0.4, 0.5) is 10.5 Å². The lowest BCUT2D eigenvalue weighted by molar-refractivity contribution is 0.251. The van der Waals surface area contributed by atoms with Crippen LogP contribution in [0.15, 0.2) is 60.9 Å². The molecule has 0 aliphatic carbocycles. The summed E-state index contributed by atoms with van der Waals surface area (Å²) in [5.41, 5.74) is 3.03. The van der Waals surface area contributed by atoms with Gasteiger partial charge in [-0.3, -0.25) is 4.57 Å². The van der Waals surface area contributed by atoms with Crippen LogP contribution in [0.5, 0.6) is 0 Å². The lowest BCUT2D eigenvalue weighted by atomic mass is 10.1. The molecule has 3 rings (SSSR count). The van der Waals surface area contributed by atoms with E-state index >= 15 is 0 Å². The van der Waals surface area contributed by atoms with Crippen molar-refractivity contribution in [2.24, 2.45) is 0 Å². The van der Waals surface area contributed by atoms with E-state index in [9.17, 15) is 4.79 Å². The molecular formula is C21H25N5O. The summed E-state index contributed by atoms with van der Waals surface area (Å²) >= 11 is 0. The molecule has 0 radical (unpaired) electrons. The van der Waals surface area contributed by atoms with Gasteiger partial charge >= 0.3 is 6.03 Å². The van der Waals surface area contributed by atoms with Gasteiger partial charge in [-0.1, -0.05) is 50.1 Å². The van der Waals surface area contributed by atoms with Gasteiger partial charge in [-0.15, -0.1) is 10.2 Å². The monoisotopic (exact) mass is 363 g/mol. The van der Waals surface area contributed by atoms with E-state index in [1.54, 1.807) is 6.33 Å². The molecule has 0 bridgehead atoms. The number of benzene rings is 2. The van der Waals surface area contributed by atoms with Gasteiger partial charge < -0.3 is 10.6 Å². The molecule has 6 nitrogen and oxygen atoms in total. The predicted octanol–water partition coefficient (Wildman–Crippen LogP) is 4.32. The van der Waals surface area contributed by atoms with Crippen LogP contribution in [0.2, 0.25) is 0 Å². The van der Waals surface area contributed by atoms with Crippen LogP contribution in [0, 0.1) is 0 Å². The van der Waals surface area contributed by atoms with Crippen molar-refractivity contribution in [3.63, 3.8) is 0 Å². The SMILES string of the molecule is CCCCCc1ccc(NC(=O)NCc2nncn2-c2ccccc2)cc1.